The third kappa shape index (κ3) is 4.59. The molecule has 4 aromatic carbocycles. The van der Waals surface area contributed by atoms with Gasteiger partial charge < -0.3 is 14.8 Å². The van der Waals surface area contributed by atoms with E-state index >= 15 is 0 Å². The third-order valence-corrected chi connectivity index (χ3v) is 8.83. The number of amides is 3. The Kier molecular flexibility index (Phi) is 7.00. The Morgan fingerprint density at radius 3 is 1.71 bits per heavy atom. The zero-order chi connectivity index (χ0) is 31.2. The molecule has 0 radical (unpaired) electrons. The molecule has 224 valence electrons. The molecule has 4 aliphatic rings. The summed E-state index contributed by atoms with van der Waals surface area (Å²) in [6.45, 7) is 1.35. The molecule has 45 heavy (non-hydrogen) atoms. The fourth-order valence-electron chi connectivity index (χ4n) is 7.07. The number of carbonyl (C=O) groups excluding carboxylic acids is 5. The lowest BCUT2D eigenvalue weighted by molar-refractivity contribution is -0.122. The molecule has 8 rings (SSSR count). The topological polar surface area (TPSA) is 119 Å². The van der Waals surface area contributed by atoms with Crippen molar-refractivity contribution >= 4 is 41.0 Å². The van der Waals surface area contributed by atoms with Gasteiger partial charge in [-0.3, -0.25) is 14.4 Å². The number of anilines is 2. The van der Waals surface area contributed by atoms with E-state index in [0.717, 1.165) is 27.2 Å². The second-order valence-corrected chi connectivity index (χ2v) is 11.2. The average Bonchev–Trinajstić information content (AvgIpc) is 3.33. The Balaban J connectivity index is 1.11. The first-order valence-electron chi connectivity index (χ1n) is 14.8. The van der Waals surface area contributed by atoms with Gasteiger partial charge >= 0.3 is 11.9 Å². The molecule has 3 aliphatic carbocycles. The van der Waals surface area contributed by atoms with Crippen molar-refractivity contribution in [2.24, 2.45) is 11.8 Å². The van der Waals surface area contributed by atoms with Gasteiger partial charge in [-0.05, 0) is 65.6 Å². The van der Waals surface area contributed by atoms with Crippen molar-refractivity contribution in [2.45, 2.75) is 18.8 Å². The maximum absolute atomic E-state index is 14.2. The van der Waals surface area contributed by atoms with Gasteiger partial charge in [0.05, 0.1) is 35.3 Å². The highest BCUT2D eigenvalue weighted by atomic mass is 16.5. The number of hydrogen-bond acceptors (Lipinski definition) is 7. The van der Waals surface area contributed by atoms with Gasteiger partial charge in [0.1, 0.15) is 0 Å². The molecule has 0 spiro atoms. The second kappa shape index (κ2) is 11.2. The molecule has 4 aromatic rings. The van der Waals surface area contributed by atoms with Crippen molar-refractivity contribution in [3.05, 3.63) is 130 Å². The highest BCUT2D eigenvalue weighted by Gasteiger charge is 2.62. The van der Waals surface area contributed by atoms with E-state index in [1.807, 2.05) is 48.5 Å². The van der Waals surface area contributed by atoms with Gasteiger partial charge in [-0.1, -0.05) is 60.7 Å². The van der Waals surface area contributed by atoms with E-state index in [1.165, 1.54) is 30.3 Å². The van der Waals surface area contributed by atoms with Gasteiger partial charge in [0, 0.05) is 17.5 Å². The molecule has 0 unspecified atom stereocenters. The molecule has 2 bridgehead atoms. The van der Waals surface area contributed by atoms with Crippen LogP contribution in [0.1, 0.15) is 61.7 Å². The number of benzene rings is 4. The van der Waals surface area contributed by atoms with Gasteiger partial charge in [-0.2, -0.15) is 0 Å². The van der Waals surface area contributed by atoms with Gasteiger partial charge in [0.2, 0.25) is 11.8 Å². The molecule has 3 amide bonds. The summed E-state index contributed by atoms with van der Waals surface area (Å²) in [5.74, 6) is -4.37. The number of ether oxygens (including phenoxy) is 2. The summed E-state index contributed by atoms with van der Waals surface area (Å²) in [6, 6.07) is 28.3. The van der Waals surface area contributed by atoms with Crippen LogP contribution in [0, 0.1) is 11.8 Å². The quantitative estimate of drug-likeness (QED) is 0.233. The van der Waals surface area contributed by atoms with Crippen LogP contribution in [-0.4, -0.2) is 42.9 Å². The second-order valence-electron chi connectivity index (χ2n) is 11.2. The van der Waals surface area contributed by atoms with E-state index in [4.69, 9.17) is 9.47 Å². The summed E-state index contributed by atoms with van der Waals surface area (Å²) in [6.07, 6.45) is 0. The SMILES string of the molecule is CCOC(=O)c1ccc(NC(=O)COC(=O)c2ccccc2N2C(=O)[C@H]3C4c5ccccc5C(c5ccccc54)[C@@H]3C2=O)cc1. The summed E-state index contributed by atoms with van der Waals surface area (Å²) in [5.41, 5.74) is 5.10. The maximum atomic E-state index is 14.2. The van der Waals surface area contributed by atoms with E-state index in [2.05, 4.69) is 5.32 Å². The molecule has 2 atom stereocenters. The third-order valence-electron chi connectivity index (χ3n) is 8.83. The number of imide groups is 1. The number of hydrogen-bond donors (Lipinski definition) is 1. The lowest BCUT2D eigenvalue weighted by Gasteiger charge is -2.45. The van der Waals surface area contributed by atoms with Crippen LogP contribution in [-0.2, 0) is 23.9 Å². The van der Waals surface area contributed by atoms with Crippen molar-refractivity contribution in [2.75, 3.05) is 23.4 Å². The van der Waals surface area contributed by atoms with E-state index in [-0.39, 0.29) is 41.5 Å². The van der Waals surface area contributed by atoms with Crippen LogP contribution in [0.15, 0.2) is 97.1 Å². The van der Waals surface area contributed by atoms with Crippen LogP contribution < -0.4 is 10.2 Å². The predicted octanol–water partition coefficient (Wildman–Crippen LogP) is 5.06. The number of rotatable bonds is 7. The first-order chi connectivity index (χ1) is 21.9. The van der Waals surface area contributed by atoms with E-state index in [0.29, 0.717) is 11.3 Å². The molecular formula is C36H28N2O7. The van der Waals surface area contributed by atoms with Gasteiger partial charge in [-0.15, -0.1) is 0 Å². The Hall–Kier alpha value is -5.57. The number of para-hydroxylation sites is 1. The van der Waals surface area contributed by atoms with Crippen molar-refractivity contribution < 1.29 is 33.4 Å². The first kappa shape index (κ1) is 28.2. The zero-order valence-corrected chi connectivity index (χ0v) is 24.3. The monoisotopic (exact) mass is 600 g/mol. The molecule has 1 saturated heterocycles. The average molecular weight is 601 g/mol. The van der Waals surface area contributed by atoms with Gasteiger partial charge in [0.15, 0.2) is 6.61 Å². The lowest BCUT2D eigenvalue weighted by Crippen LogP contribution is -2.41. The van der Waals surface area contributed by atoms with Gasteiger partial charge in [-0.25, -0.2) is 14.5 Å². The summed E-state index contributed by atoms with van der Waals surface area (Å²) < 4.78 is 10.3. The Morgan fingerprint density at radius 2 is 1.18 bits per heavy atom. The summed E-state index contributed by atoms with van der Waals surface area (Å²) in [4.78, 5) is 67.2. The van der Waals surface area contributed by atoms with E-state index in [1.54, 1.807) is 25.1 Å². The largest absolute Gasteiger partial charge is 0.462 e. The van der Waals surface area contributed by atoms with Gasteiger partial charge in [0.25, 0.3) is 5.91 Å². The smallest absolute Gasteiger partial charge is 0.340 e. The van der Waals surface area contributed by atoms with Crippen LogP contribution >= 0.6 is 0 Å². The molecule has 1 fully saturated rings. The maximum Gasteiger partial charge on any atom is 0.340 e. The summed E-state index contributed by atoms with van der Waals surface area (Å²) in [5, 5.41) is 2.61. The predicted molar refractivity (Wildman–Crippen MR) is 164 cm³/mol. The molecule has 0 aromatic heterocycles. The first-order valence-corrected chi connectivity index (χ1v) is 14.8. The van der Waals surface area contributed by atoms with E-state index < -0.39 is 36.3 Å². The fraction of sp³-hybridized carbons (Fsp3) is 0.194. The fourth-order valence-corrected chi connectivity index (χ4v) is 7.07. The molecule has 9 heteroatoms. The van der Waals surface area contributed by atoms with Crippen LogP contribution in [0.3, 0.4) is 0 Å². The summed E-state index contributed by atoms with van der Waals surface area (Å²) in [7, 11) is 0. The minimum atomic E-state index is -0.844. The molecular weight excluding hydrogens is 572 g/mol. The number of esters is 2. The molecule has 0 saturated carbocycles. The van der Waals surface area contributed by atoms with Crippen molar-refractivity contribution in [3.8, 4) is 0 Å². The number of nitrogens with one attached hydrogen (secondary N) is 1. The number of carbonyl (C=O) groups is 5. The van der Waals surface area contributed by atoms with Crippen molar-refractivity contribution in [1.29, 1.82) is 0 Å². The molecule has 1 aliphatic heterocycles. The van der Waals surface area contributed by atoms with E-state index in [9.17, 15) is 24.0 Å². The molecule has 1 N–H and O–H groups in total. The summed E-state index contributed by atoms with van der Waals surface area (Å²) >= 11 is 0. The van der Waals surface area contributed by atoms with Crippen molar-refractivity contribution in [1.82, 2.24) is 0 Å². The highest BCUT2D eigenvalue weighted by Crippen LogP contribution is 2.61. The Morgan fingerprint density at radius 1 is 0.667 bits per heavy atom. The zero-order valence-electron chi connectivity index (χ0n) is 24.3. The molecule has 9 nitrogen and oxygen atoms in total. The van der Waals surface area contributed by atoms with Crippen LogP contribution in [0.4, 0.5) is 11.4 Å². The van der Waals surface area contributed by atoms with Crippen LogP contribution in [0.2, 0.25) is 0 Å². The normalized spacial score (nSPS) is 20.6. The highest BCUT2D eigenvalue weighted by molar-refractivity contribution is 6.25. The standard InChI is InChI=1S/C36H28N2O7/c1-2-44-35(42)20-15-17-21(18-16-20)37-28(39)19-45-36(43)26-13-7-8-14-27(26)38-33(40)31-29-22-9-3-4-10-23(22)30(32(31)34(38)41)25-12-6-5-11-24(25)29/h3-18,29-32H,2,19H2,1H3,(H,37,39)/t29?,30?,31-,32-/m0/s1. The minimum Gasteiger partial charge on any atom is -0.462 e. The Labute approximate surface area is 258 Å². The van der Waals surface area contributed by atoms with Crippen LogP contribution in [0.25, 0.3) is 0 Å². The number of nitrogens with zero attached hydrogens (tertiary/aromatic N) is 1. The Bertz CT molecular complexity index is 1770. The molecule has 1 heterocycles. The van der Waals surface area contributed by atoms with Crippen LogP contribution in [0.5, 0.6) is 0 Å². The minimum absolute atomic E-state index is 0.00631. The van der Waals surface area contributed by atoms with Crippen molar-refractivity contribution in [3.63, 3.8) is 0 Å². The lowest BCUT2D eigenvalue weighted by atomic mass is 9.55.